The smallest absolute Gasteiger partial charge is 0.404 e. The molecule has 19 heavy (non-hydrogen) atoms. The summed E-state index contributed by atoms with van der Waals surface area (Å²) in [6.07, 6.45) is -2.97. The molecule has 0 spiro atoms. The fourth-order valence-electron chi connectivity index (χ4n) is 2.24. The second-order valence-electron chi connectivity index (χ2n) is 4.33. The first-order valence-electron chi connectivity index (χ1n) is 5.83. The number of anilines is 1. The monoisotopic (exact) mass is 295 g/mol. The number of benzene rings is 1. The molecular weight excluding hydrogens is 283 g/mol. The summed E-state index contributed by atoms with van der Waals surface area (Å²) >= 11 is 5.79. The minimum absolute atomic E-state index is 0.00884. The lowest BCUT2D eigenvalue weighted by Gasteiger charge is -2.25. The Morgan fingerprint density at radius 1 is 1.42 bits per heavy atom. The topological polar surface area (TPSA) is 32.7 Å². The predicted molar refractivity (Wildman–Crippen MR) is 65.6 cm³/mol. The van der Waals surface area contributed by atoms with Crippen molar-refractivity contribution in [3.05, 3.63) is 23.2 Å². The van der Waals surface area contributed by atoms with Crippen molar-refractivity contribution in [2.75, 3.05) is 18.1 Å². The zero-order valence-electron chi connectivity index (χ0n) is 9.95. The number of rotatable bonds is 3. The lowest BCUT2D eigenvalue weighted by atomic mass is 10.2. The van der Waals surface area contributed by atoms with Gasteiger partial charge in [-0.1, -0.05) is 11.6 Å². The first-order valence-corrected chi connectivity index (χ1v) is 6.21. The molecule has 0 bridgehead atoms. The lowest BCUT2D eigenvalue weighted by molar-refractivity contribution is -0.274. The molecule has 7 heteroatoms. The average molecular weight is 296 g/mol. The molecule has 1 aliphatic rings. The largest absolute Gasteiger partial charge is 0.573 e. The van der Waals surface area contributed by atoms with Crippen LogP contribution in [0.5, 0.6) is 5.75 Å². The van der Waals surface area contributed by atoms with Gasteiger partial charge in [-0.25, -0.2) is 0 Å². The number of hydrogen-bond acceptors (Lipinski definition) is 3. The SMILES string of the molecule is OCC1CCCN1c1ccc(OC(F)(F)F)c(Cl)c1. The van der Waals surface area contributed by atoms with Gasteiger partial charge in [-0.3, -0.25) is 0 Å². The van der Waals surface area contributed by atoms with E-state index in [9.17, 15) is 18.3 Å². The molecule has 0 amide bonds. The van der Waals surface area contributed by atoms with Gasteiger partial charge in [-0.2, -0.15) is 0 Å². The molecular formula is C12H13ClF3NO2. The zero-order valence-corrected chi connectivity index (χ0v) is 10.7. The maximum absolute atomic E-state index is 12.1. The van der Waals surface area contributed by atoms with Crippen LogP contribution in [0.3, 0.4) is 0 Å². The van der Waals surface area contributed by atoms with E-state index in [2.05, 4.69) is 4.74 Å². The van der Waals surface area contributed by atoms with E-state index in [-0.39, 0.29) is 17.7 Å². The van der Waals surface area contributed by atoms with Crippen molar-refractivity contribution in [2.24, 2.45) is 0 Å². The number of aliphatic hydroxyl groups excluding tert-OH is 1. The van der Waals surface area contributed by atoms with Crippen LogP contribution in [0.15, 0.2) is 18.2 Å². The third-order valence-corrected chi connectivity index (χ3v) is 3.36. The molecule has 1 aliphatic heterocycles. The Morgan fingerprint density at radius 2 is 2.16 bits per heavy atom. The lowest BCUT2D eigenvalue weighted by Crippen LogP contribution is -2.31. The molecule has 0 aliphatic carbocycles. The summed E-state index contributed by atoms with van der Waals surface area (Å²) in [7, 11) is 0. The Hall–Kier alpha value is -1.14. The zero-order chi connectivity index (χ0) is 14.0. The third-order valence-electron chi connectivity index (χ3n) is 3.06. The van der Waals surface area contributed by atoms with Crippen LogP contribution in [0.2, 0.25) is 5.02 Å². The van der Waals surface area contributed by atoms with Gasteiger partial charge in [0.15, 0.2) is 0 Å². The van der Waals surface area contributed by atoms with Gasteiger partial charge in [-0.15, -0.1) is 13.2 Å². The molecule has 1 N–H and O–H groups in total. The van der Waals surface area contributed by atoms with Gasteiger partial charge in [0, 0.05) is 12.2 Å². The highest BCUT2D eigenvalue weighted by Gasteiger charge is 2.32. The number of nitrogens with zero attached hydrogens (tertiary/aromatic N) is 1. The van der Waals surface area contributed by atoms with Crippen molar-refractivity contribution in [3.63, 3.8) is 0 Å². The fourth-order valence-corrected chi connectivity index (χ4v) is 2.45. The molecule has 0 aromatic heterocycles. The Kier molecular flexibility index (Phi) is 4.10. The Morgan fingerprint density at radius 3 is 2.74 bits per heavy atom. The highest BCUT2D eigenvalue weighted by atomic mass is 35.5. The summed E-state index contributed by atoms with van der Waals surface area (Å²) in [5.41, 5.74) is 0.691. The van der Waals surface area contributed by atoms with E-state index in [0.717, 1.165) is 19.4 Å². The Labute approximate surface area is 113 Å². The highest BCUT2D eigenvalue weighted by Crippen LogP contribution is 2.35. The second kappa shape index (κ2) is 5.46. The number of ether oxygens (including phenoxy) is 1. The molecule has 1 fully saturated rings. The van der Waals surface area contributed by atoms with Gasteiger partial charge >= 0.3 is 6.36 Å². The molecule has 1 atom stereocenters. The summed E-state index contributed by atoms with van der Waals surface area (Å²) in [6, 6.07) is 4.13. The van der Waals surface area contributed by atoms with E-state index in [1.165, 1.54) is 18.2 Å². The molecule has 1 unspecified atom stereocenters. The van der Waals surface area contributed by atoms with Gasteiger partial charge in [-0.05, 0) is 31.0 Å². The van der Waals surface area contributed by atoms with Crippen LogP contribution >= 0.6 is 11.6 Å². The molecule has 1 heterocycles. The molecule has 1 aromatic rings. The summed E-state index contributed by atoms with van der Waals surface area (Å²) in [5, 5.41) is 9.13. The summed E-state index contributed by atoms with van der Waals surface area (Å²) in [6.45, 7) is 0.763. The van der Waals surface area contributed by atoms with Crippen LogP contribution in [0.25, 0.3) is 0 Å². The average Bonchev–Trinajstić information content (AvgIpc) is 2.78. The minimum atomic E-state index is -4.76. The second-order valence-corrected chi connectivity index (χ2v) is 4.74. The van der Waals surface area contributed by atoms with Gasteiger partial charge in [0.25, 0.3) is 0 Å². The molecule has 0 saturated carbocycles. The van der Waals surface area contributed by atoms with E-state index in [0.29, 0.717) is 5.69 Å². The molecule has 1 saturated heterocycles. The van der Waals surface area contributed by atoms with E-state index in [1.54, 1.807) is 0 Å². The highest BCUT2D eigenvalue weighted by molar-refractivity contribution is 6.32. The van der Waals surface area contributed by atoms with Crippen LogP contribution in [-0.4, -0.2) is 30.7 Å². The number of hydrogen-bond donors (Lipinski definition) is 1. The molecule has 3 nitrogen and oxygen atoms in total. The van der Waals surface area contributed by atoms with Crippen molar-refractivity contribution >= 4 is 17.3 Å². The molecule has 2 rings (SSSR count). The van der Waals surface area contributed by atoms with Crippen molar-refractivity contribution < 1.29 is 23.0 Å². The number of alkyl halides is 3. The number of halogens is 4. The predicted octanol–water partition coefficient (Wildman–Crippen LogP) is 3.20. The summed E-state index contributed by atoms with van der Waals surface area (Å²) < 4.78 is 40.1. The minimum Gasteiger partial charge on any atom is -0.404 e. The van der Waals surface area contributed by atoms with E-state index < -0.39 is 12.1 Å². The van der Waals surface area contributed by atoms with Gasteiger partial charge in [0.05, 0.1) is 17.7 Å². The Bertz CT molecular complexity index is 453. The van der Waals surface area contributed by atoms with Crippen LogP contribution in [-0.2, 0) is 0 Å². The summed E-state index contributed by atoms with van der Waals surface area (Å²) in [4.78, 5) is 1.93. The van der Waals surface area contributed by atoms with Crippen molar-refractivity contribution in [2.45, 2.75) is 25.2 Å². The van der Waals surface area contributed by atoms with E-state index >= 15 is 0 Å². The standard InChI is InChI=1S/C12H13ClF3NO2/c13-10-6-8(17-5-1-2-9(17)7-18)3-4-11(10)19-12(14,15)16/h3-4,6,9,18H,1-2,5,7H2. The quantitative estimate of drug-likeness (QED) is 0.929. The first-order chi connectivity index (χ1) is 8.90. The molecule has 106 valence electrons. The van der Waals surface area contributed by atoms with Crippen LogP contribution in [0.1, 0.15) is 12.8 Å². The fraction of sp³-hybridized carbons (Fsp3) is 0.500. The van der Waals surface area contributed by atoms with Crippen LogP contribution in [0.4, 0.5) is 18.9 Å². The van der Waals surface area contributed by atoms with Crippen LogP contribution in [0, 0.1) is 0 Å². The van der Waals surface area contributed by atoms with E-state index in [4.69, 9.17) is 11.6 Å². The van der Waals surface area contributed by atoms with E-state index in [1.807, 2.05) is 4.90 Å². The normalized spacial score (nSPS) is 19.8. The van der Waals surface area contributed by atoms with Gasteiger partial charge < -0.3 is 14.7 Å². The van der Waals surface area contributed by atoms with Gasteiger partial charge in [0.1, 0.15) is 5.75 Å². The maximum Gasteiger partial charge on any atom is 0.573 e. The molecule has 0 radical (unpaired) electrons. The first kappa shape index (κ1) is 14.3. The molecule has 1 aromatic carbocycles. The maximum atomic E-state index is 12.1. The summed E-state index contributed by atoms with van der Waals surface area (Å²) in [5.74, 6) is -0.419. The van der Waals surface area contributed by atoms with Crippen molar-refractivity contribution in [1.82, 2.24) is 0 Å². The van der Waals surface area contributed by atoms with Crippen molar-refractivity contribution in [1.29, 1.82) is 0 Å². The van der Waals surface area contributed by atoms with Gasteiger partial charge in [0.2, 0.25) is 0 Å². The Balaban J connectivity index is 2.19. The van der Waals surface area contributed by atoms with Crippen LogP contribution < -0.4 is 9.64 Å². The third kappa shape index (κ3) is 3.45. The number of aliphatic hydroxyl groups is 1. The van der Waals surface area contributed by atoms with Crippen molar-refractivity contribution in [3.8, 4) is 5.75 Å².